The van der Waals surface area contributed by atoms with Gasteiger partial charge in [-0.15, -0.1) is 0 Å². The number of carbonyl (C=O) groups is 2. The van der Waals surface area contributed by atoms with Gasteiger partial charge in [-0.05, 0) is 55.3 Å². The smallest absolute Gasteiger partial charge is 0.338 e. The lowest BCUT2D eigenvalue weighted by Gasteiger charge is -2.29. The maximum Gasteiger partial charge on any atom is 0.338 e. The number of sulfone groups is 1. The highest BCUT2D eigenvalue weighted by Crippen LogP contribution is 2.30. The van der Waals surface area contributed by atoms with Gasteiger partial charge in [0.05, 0.1) is 28.9 Å². The summed E-state index contributed by atoms with van der Waals surface area (Å²) in [5, 5.41) is 4.69. The predicted octanol–water partition coefficient (Wildman–Crippen LogP) is 3.06. The number of carbonyl (C=O) groups excluding carboxylic acids is 2. The van der Waals surface area contributed by atoms with E-state index in [-0.39, 0.29) is 33.9 Å². The molecule has 1 aliphatic rings. The molecule has 0 unspecified atom stereocenters. The third-order valence-corrected chi connectivity index (χ3v) is 6.39. The molecule has 11 heteroatoms. The average Bonchev–Trinajstić information content (AvgIpc) is 2.71. The Balaban J connectivity index is 2.12. The molecule has 170 valence electrons. The van der Waals surface area contributed by atoms with Crippen LogP contribution in [0.3, 0.4) is 0 Å². The molecule has 3 rings (SSSR count). The molecule has 0 saturated heterocycles. The van der Waals surface area contributed by atoms with Crippen molar-refractivity contribution in [1.82, 2.24) is 10.6 Å². The Morgan fingerprint density at radius 3 is 2.38 bits per heavy atom. The van der Waals surface area contributed by atoms with E-state index >= 15 is 0 Å². The van der Waals surface area contributed by atoms with E-state index in [1.54, 1.807) is 0 Å². The lowest BCUT2D eigenvalue weighted by molar-refractivity contribution is -0.139. The SMILES string of the molecule is CCOC(=O)C1=C(CS(=O)(=O)c2ccc(F)c(C)c2)NC(=O)N[C@@H]1c1ccc(F)c(F)c1. The van der Waals surface area contributed by atoms with Crippen LogP contribution < -0.4 is 10.6 Å². The van der Waals surface area contributed by atoms with Gasteiger partial charge in [-0.3, -0.25) is 0 Å². The molecule has 0 fully saturated rings. The molecule has 2 aromatic rings. The van der Waals surface area contributed by atoms with Crippen LogP contribution in [-0.2, 0) is 19.4 Å². The third-order valence-electron chi connectivity index (χ3n) is 4.75. The van der Waals surface area contributed by atoms with Crippen molar-refractivity contribution in [3.8, 4) is 0 Å². The van der Waals surface area contributed by atoms with Crippen LogP contribution in [0.1, 0.15) is 24.1 Å². The summed E-state index contributed by atoms with van der Waals surface area (Å²) in [5.41, 5.74) is -0.460. The number of benzene rings is 2. The van der Waals surface area contributed by atoms with Crippen LogP contribution >= 0.6 is 0 Å². The minimum atomic E-state index is -4.13. The summed E-state index contributed by atoms with van der Waals surface area (Å²) in [6.07, 6.45) is 0. The molecule has 0 radical (unpaired) electrons. The average molecular weight is 468 g/mol. The number of halogens is 3. The summed E-state index contributed by atoms with van der Waals surface area (Å²) in [7, 11) is -4.13. The molecule has 0 spiro atoms. The molecule has 2 aromatic carbocycles. The Morgan fingerprint density at radius 1 is 1.06 bits per heavy atom. The number of urea groups is 1. The zero-order chi connectivity index (χ0) is 23.6. The van der Waals surface area contributed by atoms with E-state index in [2.05, 4.69) is 10.6 Å². The van der Waals surface area contributed by atoms with Crippen LogP contribution in [0.2, 0.25) is 0 Å². The second-order valence-corrected chi connectivity index (χ2v) is 8.98. The van der Waals surface area contributed by atoms with E-state index in [4.69, 9.17) is 4.74 Å². The fraction of sp³-hybridized carbons (Fsp3) is 0.238. The molecule has 1 aliphatic heterocycles. The van der Waals surface area contributed by atoms with Gasteiger partial charge in [0.25, 0.3) is 0 Å². The van der Waals surface area contributed by atoms with Crippen molar-refractivity contribution in [2.45, 2.75) is 24.8 Å². The van der Waals surface area contributed by atoms with Gasteiger partial charge in [0.1, 0.15) is 5.82 Å². The summed E-state index contributed by atoms with van der Waals surface area (Å²) in [6, 6.07) is 3.81. The van der Waals surface area contributed by atoms with Gasteiger partial charge in [0, 0.05) is 5.70 Å². The molecule has 0 saturated carbocycles. The predicted molar refractivity (Wildman–Crippen MR) is 108 cm³/mol. The Hall–Kier alpha value is -3.34. The molecule has 1 atom stereocenters. The minimum absolute atomic E-state index is 0.00864. The van der Waals surface area contributed by atoms with E-state index < -0.39 is 51.1 Å². The molecule has 2 amide bonds. The topological polar surface area (TPSA) is 102 Å². The highest BCUT2D eigenvalue weighted by atomic mass is 32.2. The second kappa shape index (κ2) is 9.03. The zero-order valence-corrected chi connectivity index (χ0v) is 17.9. The van der Waals surface area contributed by atoms with Crippen LogP contribution in [0.15, 0.2) is 52.6 Å². The van der Waals surface area contributed by atoms with Crippen molar-refractivity contribution in [2.24, 2.45) is 0 Å². The van der Waals surface area contributed by atoms with Crippen molar-refractivity contribution in [3.05, 3.63) is 76.2 Å². The van der Waals surface area contributed by atoms with Gasteiger partial charge < -0.3 is 15.4 Å². The number of amides is 2. The monoisotopic (exact) mass is 468 g/mol. The van der Waals surface area contributed by atoms with Gasteiger partial charge >= 0.3 is 12.0 Å². The van der Waals surface area contributed by atoms with E-state index in [0.29, 0.717) is 0 Å². The van der Waals surface area contributed by atoms with Crippen molar-refractivity contribution in [2.75, 3.05) is 12.4 Å². The highest BCUT2D eigenvalue weighted by molar-refractivity contribution is 7.91. The number of ether oxygens (including phenoxy) is 1. The normalized spacial score (nSPS) is 16.4. The third kappa shape index (κ3) is 4.77. The summed E-state index contributed by atoms with van der Waals surface area (Å²) >= 11 is 0. The highest BCUT2D eigenvalue weighted by Gasteiger charge is 2.36. The van der Waals surface area contributed by atoms with Crippen molar-refractivity contribution in [1.29, 1.82) is 0 Å². The van der Waals surface area contributed by atoms with Crippen LogP contribution in [0.5, 0.6) is 0 Å². The van der Waals surface area contributed by atoms with Gasteiger partial charge in [0.15, 0.2) is 21.5 Å². The van der Waals surface area contributed by atoms with Crippen molar-refractivity contribution < 1.29 is 35.9 Å². The molecular formula is C21H19F3N2O5S. The van der Waals surface area contributed by atoms with E-state index in [1.807, 2.05) is 0 Å². The van der Waals surface area contributed by atoms with Crippen molar-refractivity contribution >= 4 is 21.8 Å². The number of nitrogens with one attached hydrogen (secondary N) is 2. The van der Waals surface area contributed by atoms with Gasteiger partial charge in [0.2, 0.25) is 0 Å². The van der Waals surface area contributed by atoms with Crippen LogP contribution in [0.4, 0.5) is 18.0 Å². The van der Waals surface area contributed by atoms with Crippen molar-refractivity contribution in [3.63, 3.8) is 0 Å². The fourth-order valence-corrected chi connectivity index (χ4v) is 4.61. The quantitative estimate of drug-likeness (QED) is 0.501. The number of hydrogen-bond donors (Lipinski definition) is 2. The lowest BCUT2D eigenvalue weighted by Crippen LogP contribution is -2.47. The summed E-state index contributed by atoms with van der Waals surface area (Å²) in [6.45, 7) is 2.86. The van der Waals surface area contributed by atoms with Gasteiger partial charge in [-0.1, -0.05) is 6.07 Å². The number of rotatable bonds is 6. The summed E-state index contributed by atoms with van der Waals surface area (Å²) < 4.78 is 71.7. The first kappa shape index (κ1) is 23.3. The van der Waals surface area contributed by atoms with Gasteiger partial charge in [-0.25, -0.2) is 31.2 Å². The number of esters is 1. The van der Waals surface area contributed by atoms with E-state index in [0.717, 1.165) is 36.4 Å². The Bertz CT molecular complexity index is 1230. The first-order valence-electron chi connectivity index (χ1n) is 9.45. The molecule has 0 aromatic heterocycles. The maximum atomic E-state index is 13.8. The summed E-state index contributed by atoms with van der Waals surface area (Å²) in [5.74, 6) is -4.71. The Labute approximate surface area is 182 Å². The van der Waals surface area contributed by atoms with E-state index in [1.165, 1.54) is 13.8 Å². The first-order chi connectivity index (χ1) is 15.0. The number of hydrogen-bond acceptors (Lipinski definition) is 5. The largest absolute Gasteiger partial charge is 0.463 e. The fourth-order valence-electron chi connectivity index (χ4n) is 3.21. The summed E-state index contributed by atoms with van der Waals surface area (Å²) in [4.78, 5) is 24.7. The molecule has 7 nitrogen and oxygen atoms in total. The van der Waals surface area contributed by atoms with Gasteiger partial charge in [-0.2, -0.15) is 0 Å². The minimum Gasteiger partial charge on any atom is -0.463 e. The maximum absolute atomic E-state index is 13.8. The molecule has 2 N–H and O–H groups in total. The standard InChI is InChI=1S/C21H19F3N2O5S/c1-3-31-20(27)18-17(10-32(29,30)13-5-7-14(22)11(2)8-13)25-21(28)26-19(18)12-4-6-15(23)16(24)9-12/h4-9,19H,3,10H2,1-2H3,(H2,25,26,28)/t19-/m1/s1. The molecule has 1 heterocycles. The second-order valence-electron chi connectivity index (χ2n) is 6.99. The lowest BCUT2D eigenvalue weighted by atomic mass is 9.95. The molecule has 0 bridgehead atoms. The molecule has 0 aliphatic carbocycles. The Kier molecular flexibility index (Phi) is 6.58. The molecular weight excluding hydrogens is 449 g/mol. The zero-order valence-electron chi connectivity index (χ0n) is 17.0. The Morgan fingerprint density at radius 2 is 1.75 bits per heavy atom. The van der Waals surface area contributed by atoms with Crippen LogP contribution in [-0.4, -0.2) is 32.8 Å². The first-order valence-corrected chi connectivity index (χ1v) is 11.1. The molecule has 32 heavy (non-hydrogen) atoms. The van der Waals surface area contributed by atoms with Crippen LogP contribution in [0.25, 0.3) is 0 Å². The van der Waals surface area contributed by atoms with Crippen LogP contribution in [0, 0.1) is 24.4 Å². The van der Waals surface area contributed by atoms with E-state index in [9.17, 15) is 31.2 Å². The number of aryl methyl sites for hydroxylation is 1.